The monoisotopic (exact) mass is 302 g/mol. The molecule has 1 rings (SSSR count). The van der Waals surface area contributed by atoms with Gasteiger partial charge in [0.05, 0.1) is 14.9 Å². The molecule has 13 heavy (non-hydrogen) atoms. The predicted octanol–water partition coefficient (Wildman–Crippen LogP) is 2.33. The summed E-state index contributed by atoms with van der Waals surface area (Å²) in [4.78, 5) is 0. The van der Waals surface area contributed by atoms with Gasteiger partial charge in [-0.15, -0.1) is 0 Å². The van der Waals surface area contributed by atoms with Crippen LogP contribution in [0.5, 0.6) is 0 Å². The number of rotatable bonds is 1. The van der Waals surface area contributed by atoms with Crippen LogP contribution >= 0.6 is 22.6 Å². The molecule has 6 heteroatoms. The maximum atomic E-state index is 13.0. The quantitative estimate of drug-likeness (QED) is 0.362. The van der Waals surface area contributed by atoms with Crippen LogP contribution in [0.25, 0.3) is 0 Å². The first kappa shape index (κ1) is 10.4. The maximum Gasteiger partial charge on any atom is 0.185 e. The lowest BCUT2D eigenvalue weighted by atomic mass is 10.2. The zero-order chi connectivity index (χ0) is 10.2. The number of halogens is 4. The van der Waals surface area contributed by atoms with Crippen molar-refractivity contribution in [2.75, 3.05) is 18.1 Å². The summed E-state index contributed by atoms with van der Waals surface area (Å²) in [6.07, 6.45) is 0. The van der Waals surface area contributed by atoms with Crippen molar-refractivity contribution in [1.82, 2.24) is 0 Å². The lowest BCUT2D eigenvalue weighted by molar-refractivity contribution is 0.491. The van der Waals surface area contributed by atoms with Gasteiger partial charge in [0.25, 0.3) is 0 Å². The highest BCUT2D eigenvalue weighted by Gasteiger charge is 2.20. The van der Waals surface area contributed by atoms with E-state index in [2.05, 4.69) is 5.32 Å². The first-order chi connectivity index (χ1) is 6.00. The SMILES string of the molecule is CNc1c(N)c(F)c(I)c(F)c1F. The van der Waals surface area contributed by atoms with E-state index in [-0.39, 0.29) is 5.69 Å². The Kier molecular flexibility index (Phi) is 2.89. The van der Waals surface area contributed by atoms with E-state index in [0.29, 0.717) is 0 Å². The lowest BCUT2D eigenvalue weighted by Crippen LogP contribution is -2.07. The molecule has 0 aliphatic rings. The van der Waals surface area contributed by atoms with Crippen molar-refractivity contribution in [1.29, 1.82) is 0 Å². The molecular weight excluding hydrogens is 296 g/mol. The molecule has 0 atom stereocenters. The molecule has 0 bridgehead atoms. The zero-order valence-corrected chi connectivity index (χ0v) is 8.75. The summed E-state index contributed by atoms with van der Waals surface area (Å²) in [6.45, 7) is 0. The molecule has 0 unspecified atom stereocenters. The Morgan fingerprint density at radius 3 is 2.15 bits per heavy atom. The Labute approximate surface area is 86.4 Å². The van der Waals surface area contributed by atoms with E-state index < -0.39 is 26.7 Å². The molecule has 0 aliphatic heterocycles. The van der Waals surface area contributed by atoms with Crippen LogP contribution in [0.3, 0.4) is 0 Å². The average Bonchev–Trinajstić information content (AvgIpc) is 2.13. The van der Waals surface area contributed by atoms with Gasteiger partial charge in [-0.3, -0.25) is 0 Å². The third-order valence-corrected chi connectivity index (χ3v) is 2.50. The normalized spacial score (nSPS) is 10.2. The summed E-state index contributed by atoms with van der Waals surface area (Å²) in [6, 6.07) is 0. The van der Waals surface area contributed by atoms with Crippen molar-refractivity contribution in [3.8, 4) is 0 Å². The summed E-state index contributed by atoms with van der Waals surface area (Å²) >= 11 is 1.36. The minimum absolute atomic E-state index is 0.351. The molecule has 0 aromatic heterocycles. The van der Waals surface area contributed by atoms with Crippen molar-refractivity contribution in [2.45, 2.75) is 0 Å². The Balaban J connectivity index is 3.56. The van der Waals surface area contributed by atoms with E-state index in [1.54, 1.807) is 0 Å². The molecule has 0 aliphatic carbocycles. The second-order valence-corrected chi connectivity index (χ2v) is 3.37. The van der Waals surface area contributed by atoms with Crippen LogP contribution in [0.2, 0.25) is 0 Å². The smallest absolute Gasteiger partial charge is 0.185 e. The summed E-state index contributed by atoms with van der Waals surface area (Å²) < 4.78 is 38.5. The summed E-state index contributed by atoms with van der Waals surface area (Å²) in [5.41, 5.74) is 4.45. The second kappa shape index (κ2) is 3.60. The van der Waals surface area contributed by atoms with E-state index in [1.165, 1.54) is 29.6 Å². The largest absolute Gasteiger partial charge is 0.395 e. The summed E-state index contributed by atoms with van der Waals surface area (Å²) in [5.74, 6) is -3.33. The molecule has 0 heterocycles. The summed E-state index contributed by atoms with van der Waals surface area (Å²) in [5, 5.41) is 2.29. The Morgan fingerprint density at radius 2 is 1.69 bits per heavy atom. The fraction of sp³-hybridized carbons (Fsp3) is 0.143. The number of hydrogen-bond acceptors (Lipinski definition) is 2. The third-order valence-electron chi connectivity index (χ3n) is 1.55. The van der Waals surface area contributed by atoms with Gasteiger partial charge in [0.1, 0.15) is 0 Å². The number of benzene rings is 1. The first-order valence-corrected chi connectivity index (χ1v) is 4.37. The Bertz CT molecular complexity index is 325. The van der Waals surface area contributed by atoms with Crippen LogP contribution < -0.4 is 11.1 Å². The molecule has 0 amide bonds. The number of nitrogens with one attached hydrogen (secondary N) is 1. The zero-order valence-electron chi connectivity index (χ0n) is 6.59. The van der Waals surface area contributed by atoms with Crippen LogP contribution in [-0.4, -0.2) is 7.05 Å². The van der Waals surface area contributed by atoms with E-state index in [4.69, 9.17) is 5.73 Å². The van der Waals surface area contributed by atoms with E-state index in [1.807, 2.05) is 0 Å². The van der Waals surface area contributed by atoms with Gasteiger partial charge < -0.3 is 11.1 Å². The Morgan fingerprint density at radius 1 is 1.15 bits per heavy atom. The molecule has 1 aromatic carbocycles. The minimum atomic E-state index is -1.23. The van der Waals surface area contributed by atoms with Crippen LogP contribution in [0.4, 0.5) is 24.5 Å². The molecule has 1 aromatic rings. The molecule has 0 fully saturated rings. The van der Waals surface area contributed by atoms with Gasteiger partial charge in [-0.1, -0.05) is 0 Å². The molecule has 0 spiro atoms. The van der Waals surface area contributed by atoms with Gasteiger partial charge in [-0.2, -0.15) is 0 Å². The molecule has 72 valence electrons. The maximum absolute atomic E-state index is 13.0. The minimum Gasteiger partial charge on any atom is -0.395 e. The first-order valence-electron chi connectivity index (χ1n) is 3.29. The van der Waals surface area contributed by atoms with Gasteiger partial charge in [0.2, 0.25) is 0 Å². The predicted molar refractivity (Wildman–Crippen MR) is 53.0 cm³/mol. The molecule has 0 saturated heterocycles. The molecule has 3 N–H and O–H groups in total. The van der Waals surface area contributed by atoms with Gasteiger partial charge >= 0.3 is 0 Å². The van der Waals surface area contributed by atoms with E-state index >= 15 is 0 Å². The third kappa shape index (κ3) is 1.54. The van der Waals surface area contributed by atoms with Gasteiger partial charge in [-0.25, -0.2) is 13.2 Å². The van der Waals surface area contributed by atoms with Gasteiger partial charge in [0, 0.05) is 7.05 Å². The standard InChI is InChI=1S/C7H6F3IN2/c1-13-7-3(9)2(8)5(11)4(10)6(7)12/h13H,12H2,1H3. The molecular formula is C7H6F3IN2. The molecule has 0 saturated carbocycles. The van der Waals surface area contributed by atoms with Gasteiger partial charge in [-0.05, 0) is 22.6 Å². The van der Waals surface area contributed by atoms with Crippen molar-refractivity contribution < 1.29 is 13.2 Å². The van der Waals surface area contributed by atoms with Crippen molar-refractivity contribution in [2.24, 2.45) is 0 Å². The van der Waals surface area contributed by atoms with Crippen molar-refractivity contribution in [3.05, 3.63) is 21.0 Å². The van der Waals surface area contributed by atoms with E-state index in [9.17, 15) is 13.2 Å². The van der Waals surface area contributed by atoms with Crippen LogP contribution in [0, 0.1) is 21.0 Å². The second-order valence-electron chi connectivity index (χ2n) is 2.29. The lowest BCUT2D eigenvalue weighted by Gasteiger charge is -2.09. The molecule has 2 nitrogen and oxygen atoms in total. The summed E-state index contributed by atoms with van der Waals surface area (Å²) in [7, 11) is 1.33. The fourth-order valence-electron chi connectivity index (χ4n) is 0.893. The highest BCUT2D eigenvalue weighted by atomic mass is 127. The van der Waals surface area contributed by atoms with Crippen LogP contribution in [-0.2, 0) is 0 Å². The topological polar surface area (TPSA) is 38.0 Å². The number of nitrogen functional groups attached to an aromatic ring is 1. The van der Waals surface area contributed by atoms with Crippen LogP contribution in [0.1, 0.15) is 0 Å². The molecule has 0 radical (unpaired) electrons. The van der Waals surface area contributed by atoms with Gasteiger partial charge in [0.15, 0.2) is 17.5 Å². The highest BCUT2D eigenvalue weighted by Crippen LogP contribution is 2.31. The highest BCUT2D eigenvalue weighted by molar-refractivity contribution is 14.1. The Hall–Kier alpha value is -0.660. The fourth-order valence-corrected chi connectivity index (χ4v) is 1.42. The van der Waals surface area contributed by atoms with Crippen molar-refractivity contribution >= 4 is 34.0 Å². The number of anilines is 2. The van der Waals surface area contributed by atoms with Crippen molar-refractivity contribution in [3.63, 3.8) is 0 Å². The number of hydrogen-bond donors (Lipinski definition) is 2. The number of nitrogens with two attached hydrogens (primary N) is 1. The van der Waals surface area contributed by atoms with Crippen LogP contribution in [0.15, 0.2) is 0 Å². The van der Waals surface area contributed by atoms with E-state index in [0.717, 1.165) is 0 Å². The average molecular weight is 302 g/mol.